The van der Waals surface area contributed by atoms with E-state index in [4.69, 9.17) is 9.26 Å². The summed E-state index contributed by atoms with van der Waals surface area (Å²) in [5, 5.41) is 20.7. The fraction of sp³-hybridized carbons (Fsp3) is 0.375. The summed E-state index contributed by atoms with van der Waals surface area (Å²) >= 11 is 0. The lowest BCUT2D eigenvalue weighted by Gasteiger charge is -2.11. The molecule has 1 unspecified atom stereocenters. The number of aryl methyl sites for hydroxylation is 1. The van der Waals surface area contributed by atoms with Crippen LogP contribution in [0.15, 0.2) is 28.8 Å². The Hall–Kier alpha value is -3.34. The van der Waals surface area contributed by atoms with Gasteiger partial charge in [-0.15, -0.1) is 5.10 Å². The third-order valence-corrected chi connectivity index (χ3v) is 3.73. The van der Waals surface area contributed by atoms with E-state index in [0.29, 0.717) is 36.3 Å². The molecule has 0 aliphatic rings. The number of amides is 2. The maximum absolute atomic E-state index is 12.2. The smallest absolute Gasteiger partial charge is 0.319 e. The number of tetrazole rings is 1. The van der Waals surface area contributed by atoms with Crippen molar-refractivity contribution in [1.82, 2.24) is 35.7 Å². The second-order valence-corrected chi connectivity index (χ2v) is 5.80. The number of anilines is 1. The number of carbonyl (C=O) groups excluding carboxylic acids is 1. The summed E-state index contributed by atoms with van der Waals surface area (Å²) in [7, 11) is 1.60. The molecule has 0 bridgehead atoms. The summed E-state index contributed by atoms with van der Waals surface area (Å²) < 4.78 is 11.7. The first-order chi connectivity index (χ1) is 13.1. The van der Waals surface area contributed by atoms with E-state index in [-0.39, 0.29) is 6.03 Å². The molecule has 11 heteroatoms. The number of hydrogen-bond acceptors (Lipinski definition) is 8. The Morgan fingerprint density at radius 3 is 2.78 bits per heavy atom. The molecule has 2 heterocycles. The van der Waals surface area contributed by atoms with E-state index in [2.05, 4.69) is 36.3 Å². The summed E-state index contributed by atoms with van der Waals surface area (Å²) in [5.74, 6) is 1.54. The number of urea groups is 1. The number of nitrogens with zero attached hydrogens (tertiary/aromatic N) is 6. The lowest BCUT2D eigenvalue weighted by Crippen LogP contribution is -2.31. The van der Waals surface area contributed by atoms with Gasteiger partial charge in [-0.3, -0.25) is 0 Å². The fourth-order valence-electron chi connectivity index (χ4n) is 2.32. The summed E-state index contributed by atoms with van der Waals surface area (Å²) in [4.78, 5) is 16.4. The molecule has 0 spiro atoms. The molecule has 1 atom stereocenters. The third kappa shape index (κ3) is 4.64. The number of ether oxygens (including phenoxy) is 1. The quantitative estimate of drug-likeness (QED) is 0.636. The molecule has 0 fully saturated rings. The summed E-state index contributed by atoms with van der Waals surface area (Å²) in [6.45, 7) is 4.07. The number of benzene rings is 1. The molecule has 3 aromatic rings. The summed E-state index contributed by atoms with van der Waals surface area (Å²) in [6.07, 6.45) is 0.548. The van der Waals surface area contributed by atoms with Crippen molar-refractivity contribution in [3.05, 3.63) is 41.8 Å². The number of methoxy groups -OCH3 is 1. The van der Waals surface area contributed by atoms with Crippen LogP contribution in [0.5, 0.6) is 0 Å². The average Bonchev–Trinajstić information content (AvgIpc) is 3.29. The summed E-state index contributed by atoms with van der Waals surface area (Å²) in [6, 6.07) is 6.32. The molecule has 142 valence electrons. The van der Waals surface area contributed by atoms with Gasteiger partial charge in [0.15, 0.2) is 11.6 Å². The zero-order chi connectivity index (χ0) is 19.2. The molecule has 2 N–H and O–H groups in total. The Morgan fingerprint density at radius 2 is 2.11 bits per heavy atom. The molecule has 11 nitrogen and oxygen atoms in total. The monoisotopic (exact) mass is 372 g/mol. The average molecular weight is 372 g/mol. The van der Waals surface area contributed by atoms with Gasteiger partial charge in [-0.2, -0.15) is 9.67 Å². The molecular formula is C16H20N8O3. The molecule has 0 saturated carbocycles. The van der Waals surface area contributed by atoms with Gasteiger partial charge in [0, 0.05) is 19.2 Å². The predicted molar refractivity (Wildman–Crippen MR) is 94.3 cm³/mol. The first-order valence-electron chi connectivity index (χ1n) is 8.31. The van der Waals surface area contributed by atoms with E-state index in [1.165, 1.54) is 0 Å². The SMILES string of the molecule is COCCc1noc(C(C)NC(=O)Nc2ccc(-n3nnnc3C)cc2)n1. The summed E-state index contributed by atoms with van der Waals surface area (Å²) in [5.41, 5.74) is 1.42. The maximum atomic E-state index is 12.2. The number of aromatic nitrogens is 6. The van der Waals surface area contributed by atoms with Crippen molar-refractivity contribution in [3.8, 4) is 5.69 Å². The van der Waals surface area contributed by atoms with E-state index in [1.54, 1.807) is 37.8 Å². The van der Waals surface area contributed by atoms with Crippen LogP contribution in [0.25, 0.3) is 5.69 Å². The Kier molecular flexibility index (Phi) is 5.71. The van der Waals surface area contributed by atoms with Crippen LogP contribution in [-0.4, -0.2) is 50.1 Å². The zero-order valence-corrected chi connectivity index (χ0v) is 15.2. The number of carbonyl (C=O) groups is 1. The topological polar surface area (TPSA) is 133 Å². The molecule has 3 rings (SSSR count). The molecular weight excluding hydrogens is 352 g/mol. The van der Waals surface area contributed by atoms with Crippen LogP contribution in [0.2, 0.25) is 0 Å². The predicted octanol–water partition coefficient (Wildman–Crippen LogP) is 1.43. The highest BCUT2D eigenvalue weighted by Crippen LogP contribution is 2.14. The van der Waals surface area contributed by atoms with E-state index in [0.717, 1.165) is 5.69 Å². The zero-order valence-electron chi connectivity index (χ0n) is 15.2. The molecule has 2 aromatic heterocycles. The standard InChI is InChI=1S/C16H20N8O3/c1-10(15-19-14(21-27-15)8-9-26-3)17-16(25)18-12-4-6-13(7-5-12)24-11(2)20-22-23-24/h4-7,10H,8-9H2,1-3H3,(H2,17,18,25). The van der Waals surface area contributed by atoms with Gasteiger partial charge in [-0.25, -0.2) is 4.79 Å². The minimum Gasteiger partial charge on any atom is -0.384 e. The fourth-order valence-corrected chi connectivity index (χ4v) is 2.32. The number of rotatable bonds is 7. The molecule has 27 heavy (non-hydrogen) atoms. The molecule has 0 aliphatic heterocycles. The maximum Gasteiger partial charge on any atom is 0.319 e. The molecule has 0 aliphatic carbocycles. The van der Waals surface area contributed by atoms with Crippen LogP contribution in [0.3, 0.4) is 0 Å². The Labute approximate surface area is 155 Å². The van der Waals surface area contributed by atoms with Crippen molar-refractivity contribution in [2.45, 2.75) is 26.3 Å². The highest BCUT2D eigenvalue weighted by Gasteiger charge is 2.16. The van der Waals surface area contributed by atoms with E-state index >= 15 is 0 Å². The van der Waals surface area contributed by atoms with Crippen LogP contribution >= 0.6 is 0 Å². The van der Waals surface area contributed by atoms with Gasteiger partial charge in [0.05, 0.1) is 12.3 Å². The highest BCUT2D eigenvalue weighted by atomic mass is 16.5. The Balaban J connectivity index is 1.55. The number of nitrogens with one attached hydrogen (secondary N) is 2. The number of hydrogen-bond donors (Lipinski definition) is 2. The molecule has 2 amide bonds. The van der Waals surface area contributed by atoms with Crippen molar-refractivity contribution < 1.29 is 14.1 Å². The van der Waals surface area contributed by atoms with Crippen LogP contribution in [0, 0.1) is 6.92 Å². The third-order valence-electron chi connectivity index (χ3n) is 3.73. The molecule has 0 saturated heterocycles. The van der Waals surface area contributed by atoms with Crippen molar-refractivity contribution in [2.24, 2.45) is 0 Å². The first-order valence-corrected chi connectivity index (χ1v) is 8.31. The van der Waals surface area contributed by atoms with Gasteiger partial charge >= 0.3 is 6.03 Å². The van der Waals surface area contributed by atoms with Crippen LogP contribution in [0.1, 0.15) is 30.5 Å². The Bertz CT molecular complexity index is 889. The minimum absolute atomic E-state index is 0.334. The van der Waals surface area contributed by atoms with Crippen molar-refractivity contribution >= 4 is 11.7 Å². The van der Waals surface area contributed by atoms with Gasteiger partial charge in [0.2, 0.25) is 5.89 Å². The van der Waals surface area contributed by atoms with Crippen molar-refractivity contribution in [3.63, 3.8) is 0 Å². The van der Waals surface area contributed by atoms with Gasteiger partial charge in [0.25, 0.3) is 0 Å². The van der Waals surface area contributed by atoms with Gasteiger partial charge < -0.3 is 19.9 Å². The van der Waals surface area contributed by atoms with Gasteiger partial charge in [-0.05, 0) is 48.5 Å². The van der Waals surface area contributed by atoms with Gasteiger partial charge in [-0.1, -0.05) is 5.16 Å². The van der Waals surface area contributed by atoms with Crippen LogP contribution in [-0.2, 0) is 11.2 Å². The lowest BCUT2D eigenvalue weighted by molar-refractivity contribution is 0.199. The first kappa shape index (κ1) is 18.5. The Morgan fingerprint density at radius 1 is 1.33 bits per heavy atom. The minimum atomic E-state index is -0.433. The van der Waals surface area contributed by atoms with Crippen molar-refractivity contribution in [2.75, 3.05) is 19.0 Å². The van der Waals surface area contributed by atoms with Crippen molar-refractivity contribution in [1.29, 1.82) is 0 Å². The molecule has 0 radical (unpaired) electrons. The highest BCUT2D eigenvalue weighted by molar-refractivity contribution is 5.89. The lowest BCUT2D eigenvalue weighted by atomic mass is 10.3. The van der Waals surface area contributed by atoms with E-state index < -0.39 is 6.04 Å². The van der Waals surface area contributed by atoms with Crippen LogP contribution in [0.4, 0.5) is 10.5 Å². The van der Waals surface area contributed by atoms with Crippen LogP contribution < -0.4 is 10.6 Å². The van der Waals surface area contributed by atoms with Gasteiger partial charge in [0.1, 0.15) is 6.04 Å². The normalized spacial score (nSPS) is 12.0. The van der Waals surface area contributed by atoms with E-state index in [9.17, 15) is 4.79 Å². The second kappa shape index (κ2) is 8.36. The second-order valence-electron chi connectivity index (χ2n) is 5.80. The largest absolute Gasteiger partial charge is 0.384 e. The molecule has 1 aromatic carbocycles. The van der Waals surface area contributed by atoms with E-state index in [1.807, 2.05) is 12.1 Å².